The van der Waals surface area contributed by atoms with E-state index in [-0.39, 0.29) is 0 Å². The summed E-state index contributed by atoms with van der Waals surface area (Å²) in [5.41, 5.74) is 3.60. The summed E-state index contributed by atoms with van der Waals surface area (Å²) in [6.07, 6.45) is 2.29. The molecule has 0 atom stereocenters. The fourth-order valence-corrected chi connectivity index (χ4v) is 3.25. The molecule has 0 aliphatic rings. The minimum Gasteiger partial charge on any atom is -0.494 e. The van der Waals surface area contributed by atoms with Crippen molar-refractivity contribution in [3.8, 4) is 11.5 Å². The van der Waals surface area contributed by atoms with E-state index >= 15 is 0 Å². The lowest BCUT2D eigenvalue weighted by Gasteiger charge is -2.09. The van der Waals surface area contributed by atoms with Crippen LogP contribution >= 0.6 is 27.5 Å². The Balaban J connectivity index is 1.70. The summed E-state index contributed by atoms with van der Waals surface area (Å²) in [4.78, 5) is 24.8. The van der Waals surface area contributed by atoms with Crippen molar-refractivity contribution in [3.05, 3.63) is 92.9 Å². The lowest BCUT2D eigenvalue weighted by Crippen LogP contribution is -2.18. The zero-order chi connectivity index (χ0) is 22.9. The Hall–Kier alpha value is -3.16. The average Bonchev–Trinajstić information content (AvgIpc) is 2.80. The van der Waals surface area contributed by atoms with Crippen LogP contribution in [0.1, 0.15) is 39.6 Å². The first-order valence-corrected chi connectivity index (χ1v) is 11.0. The van der Waals surface area contributed by atoms with E-state index in [9.17, 15) is 9.59 Å². The third kappa shape index (κ3) is 6.42. The lowest BCUT2D eigenvalue weighted by molar-refractivity contribution is 0.0734. The molecular weight excluding hydrogens is 496 g/mol. The van der Waals surface area contributed by atoms with E-state index in [0.29, 0.717) is 39.8 Å². The number of ether oxygens (including phenoxy) is 2. The van der Waals surface area contributed by atoms with Crippen LogP contribution in [0.4, 0.5) is 0 Å². The number of esters is 1. The number of hydrazone groups is 1. The summed E-state index contributed by atoms with van der Waals surface area (Å²) < 4.78 is 11.8. The molecule has 0 saturated heterocycles. The van der Waals surface area contributed by atoms with Gasteiger partial charge in [-0.3, -0.25) is 4.79 Å². The molecule has 0 heterocycles. The van der Waals surface area contributed by atoms with Crippen molar-refractivity contribution >= 4 is 45.6 Å². The number of rotatable bonds is 8. The van der Waals surface area contributed by atoms with Crippen molar-refractivity contribution in [2.45, 2.75) is 13.3 Å². The Bertz CT molecular complexity index is 1130. The van der Waals surface area contributed by atoms with Crippen molar-refractivity contribution in [1.82, 2.24) is 5.43 Å². The van der Waals surface area contributed by atoms with Crippen molar-refractivity contribution in [3.63, 3.8) is 0 Å². The molecule has 0 unspecified atom stereocenters. The van der Waals surface area contributed by atoms with E-state index < -0.39 is 11.9 Å². The van der Waals surface area contributed by atoms with E-state index in [1.54, 1.807) is 66.7 Å². The monoisotopic (exact) mass is 514 g/mol. The van der Waals surface area contributed by atoms with Crippen LogP contribution in [0, 0.1) is 0 Å². The van der Waals surface area contributed by atoms with E-state index in [0.717, 1.165) is 10.9 Å². The van der Waals surface area contributed by atoms with Gasteiger partial charge in [0.05, 0.1) is 29.0 Å². The Labute approximate surface area is 199 Å². The molecule has 0 radical (unpaired) electrons. The molecule has 0 saturated carbocycles. The molecule has 0 aromatic heterocycles. The topological polar surface area (TPSA) is 77.0 Å². The van der Waals surface area contributed by atoms with Gasteiger partial charge in [0.25, 0.3) is 5.91 Å². The zero-order valence-electron chi connectivity index (χ0n) is 17.2. The molecule has 8 heteroatoms. The molecule has 0 aliphatic heterocycles. The molecule has 164 valence electrons. The van der Waals surface area contributed by atoms with Gasteiger partial charge in [0.2, 0.25) is 0 Å². The molecule has 3 rings (SSSR count). The number of carbonyl (C=O) groups is 2. The number of benzene rings is 3. The van der Waals surface area contributed by atoms with Crippen LogP contribution in [0.3, 0.4) is 0 Å². The van der Waals surface area contributed by atoms with Gasteiger partial charge in [-0.1, -0.05) is 46.6 Å². The molecule has 0 fully saturated rings. The van der Waals surface area contributed by atoms with Crippen LogP contribution in [0.5, 0.6) is 11.5 Å². The first-order chi connectivity index (χ1) is 15.5. The van der Waals surface area contributed by atoms with Gasteiger partial charge in [-0.25, -0.2) is 10.2 Å². The maximum Gasteiger partial charge on any atom is 0.343 e. The summed E-state index contributed by atoms with van der Waals surface area (Å²) in [5.74, 6) is 0.00395. The van der Waals surface area contributed by atoms with Crippen LogP contribution in [0.2, 0.25) is 5.02 Å². The van der Waals surface area contributed by atoms with Gasteiger partial charge in [0, 0.05) is 10.0 Å². The number of amides is 1. The van der Waals surface area contributed by atoms with Crippen LogP contribution in [0.15, 0.2) is 76.3 Å². The second-order valence-corrected chi connectivity index (χ2v) is 7.95. The third-order valence-electron chi connectivity index (χ3n) is 4.23. The van der Waals surface area contributed by atoms with Gasteiger partial charge < -0.3 is 9.47 Å². The molecule has 3 aromatic carbocycles. The number of carbonyl (C=O) groups excluding carboxylic acids is 2. The van der Waals surface area contributed by atoms with Gasteiger partial charge in [0.1, 0.15) is 11.5 Å². The van der Waals surface area contributed by atoms with Crippen molar-refractivity contribution in [2.75, 3.05) is 6.61 Å². The van der Waals surface area contributed by atoms with Gasteiger partial charge in [-0.05, 0) is 61.0 Å². The highest BCUT2D eigenvalue weighted by Crippen LogP contribution is 2.23. The Kier molecular flexibility index (Phi) is 8.41. The van der Waals surface area contributed by atoms with Gasteiger partial charge in [0.15, 0.2) is 0 Å². The number of nitrogens with one attached hydrogen (secondary N) is 1. The number of nitrogens with zero attached hydrogens (tertiary/aromatic N) is 1. The summed E-state index contributed by atoms with van der Waals surface area (Å²) in [6, 6.07) is 18.5. The quantitative estimate of drug-likeness (QED) is 0.176. The summed E-state index contributed by atoms with van der Waals surface area (Å²) in [7, 11) is 0. The van der Waals surface area contributed by atoms with Crippen LogP contribution in [-0.4, -0.2) is 24.7 Å². The molecular formula is C24H20BrClN2O4. The smallest absolute Gasteiger partial charge is 0.343 e. The standard InChI is InChI=1S/C24H20BrClN2O4/c1-2-13-31-19-10-7-16(8-11-19)24(30)32-22-12-9-18(25)14-17(22)15-27-28-23(29)20-5-3-4-6-21(20)26/h3-12,14-15H,2,13H2,1H3,(H,28,29)/b27-15+. The third-order valence-corrected chi connectivity index (χ3v) is 5.05. The second kappa shape index (κ2) is 11.5. The van der Waals surface area contributed by atoms with E-state index in [4.69, 9.17) is 21.1 Å². The fraction of sp³-hybridized carbons (Fsp3) is 0.125. The highest BCUT2D eigenvalue weighted by molar-refractivity contribution is 9.10. The van der Waals surface area contributed by atoms with Gasteiger partial charge in [-0.2, -0.15) is 5.10 Å². The maximum atomic E-state index is 12.6. The minimum absolute atomic E-state index is 0.292. The summed E-state index contributed by atoms with van der Waals surface area (Å²) >= 11 is 9.41. The first kappa shape index (κ1) is 23.5. The number of hydrogen-bond acceptors (Lipinski definition) is 5. The second-order valence-electron chi connectivity index (χ2n) is 6.62. The highest BCUT2D eigenvalue weighted by atomic mass is 79.9. The van der Waals surface area contributed by atoms with E-state index in [1.807, 2.05) is 6.92 Å². The normalized spacial score (nSPS) is 10.7. The number of halogens is 2. The molecule has 1 N–H and O–H groups in total. The van der Waals surface area contributed by atoms with E-state index in [2.05, 4.69) is 26.5 Å². The molecule has 0 bridgehead atoms. The Morgan fingerprint density at radius 3 is 2.56 bits per heavy atom. The lowest BCUT2D eigenvalue weighted by atomic mass is 10.2. The molecule has 0 spiro atoms. The predicted octanol–water partition coefficient (Wildman–Crippen LogP) is 5.87. The van der Waals surface area contributed by atoms with Gasteiger partial charge in [-0.15, -0.1) is 0 Å². The number of hydrogen-bond donors (Lipinski definition) is 1. The molecule has 6 nitrogen and oxygen atoms in total. The van der Waals surface area contributed by atoms with Crippen LogP contribution < -0.4 is 14.9 Å². The largest absolute Gasteiger partial charge is 0.494 e. The van der Waals surface area contributed by atoms with Gasteiger partial charge >= 0.3 is 5.97 Å². The zero-order valence-corrected chi connectivity index (χ0v) is 19.5. The van der Waals surface area contributed by atoms with Crippen molar-refractivity contribution in [2.24, 2.45) is 5.10 Å². The molecule has 1 amide bonds. The van der Waals surface area contributed by atoms with Crippen molar-refractivity contribution in [1.29, 1.82) is 0 Å². The predicted molar refractivity (Wildman–Crippen MR) is 128 cm³/mol. The fourth-order valence-electron chi connectivity index (χ4n) is 2.65. The minimum atomic E-state index is -0.524. The SMILES string of the molecule is CCCOc1ccc(C(=O)Oc2ccc(Br)cc2/C=N/NC(=O)c2ccccc2Cl)cc1. The van der Waals surface area contributed by atoms with Crippen molar-refractivity contribution < 1.29 is 19.1 Å². The Morgan fingerprint density at radius 2 is 1.84 bits per heavy atom. The Morgan fingerprint density at radius 1 is 1.09 bits per heavy atom. The molecule has 32 heavy (non-hydrogen) atoms. The average molecular weight is 516 g/mol. The summed E-state index contributed by atoms with van der Waals surface area (Å²) in [5, 5.41) is 4.29. The molecule has 0 aliphatic carbocycles. The highest BCUT2D eigenvalue weighted by Gasteiger charge is 2.13. The first-order valence-electron chi connectivity index (χ1n) is 9.80. The molecule has 3 aromatic rings. The van der Waals surface area contributed by atoms with Crippen LogP contribution in [0.25, 0.3) is 0 Å². The maximum absolute atomic E-state index is 12.6. The van der Waals surface area contributed by atoms with Crippen LogP contribution in [-0.2, 0) is 0 Å². The van der Waals surface area contributed by atoms with E-state index in [1.165, 1.54) is 6.21 Å². The summed E-state index contributed by atoms with van der Waals surface area (Å²) in [6.45, 7) is 2.63.